The molecule has 0 atom stereocenters. The number of anilines is 3. The molecule has 0 radical (unpaired) electrons. The number of para-hydroxylation sites is 3. The number of halogens is 1. The second-order valence-electron chi connectivity index (χ2n) is 5.28. The third kappa shape index (κ3) is 2.76. The smallest absolute Gasteiger partial charge is 0.148 e. The second-order valence-corrected chi connectivity index (χ2v) is 7.07. The summed E-state index contributed by atoms with van der Waals surface area (Å²) in [7, 11) is -1.50. The lowest BCUT2D eigenvalue weighted by Crippen LogP contribution is -2.33. The van der Waals surface area contributed by atoms with Crippen LogP contribution in [0.25, 0.3) is 0 Å². The van der Waals surface area contributed by atoms with Crippen LogP contribution in [0.3, 0.4) is 0 Å². The number of nitrogens with one attached hydrogen (secondary N) is 1. The van der Waals surface area contributed by atoms with Crippen molar-refractivity contribution in [2.24, 2.45) is 0 Å². The van der Waals surface area contributed by atoms with Gasteiger partial charge in [0.2, 0.25) is 0 Å². The molecule has 0 saturated carbocycles. The van der Waals surface area contributed by atoms with Crippen LogP contribution in [0.4, 0.5) is 21.5 Å². The van der Waals surface area contributed by atoms with Gasteiger partial charge in [-0.3, -0.25) is 13.4 Å². The number of hydrogen-bond donors (Lipinski definition) is 3. The predicted octanol–water partition coefficient (Wildman–Crippen LogP) is 3.97. The van der Waals surface area contributed by atoms with E-state index in [0.29, 0.717) is 17.9 Å². The zero-order valence-electron chi connectivity index (χ0n) is 12.8. The van der Waals surface area contributed by atoms with Crippen LogP contribution in [0.2, 0.25) is 0 Å². The Kier molecular flexibility index (Phi) is 4.45. The number of nitrogens with zero attached hydrogens (tertiary/aromatic N) is 2. The standard InChI is InChI=1S/C16H20FN3O2S/c1-18-11-6-12-19-15-9-4-5-10-16(15)20(23(19,21)22)14-8-3-2-7-13(14)17/h2-5,7-10,18,21-22H,6,11-12H2,1H3. The van der Waals surface area contributed by atoms with E-state index < -0.39 is 16.8 Å². The molecule has 0 bridgehead atoms. The van der Waals surface area contributed by atoms with Crippen LogP contribution >= 0.6 is 11.0 Å². The van der Waals surface area contributed by atoms with Crippen LogP contribution in [-0.2, 0) is 0 Å². The lowest BCUT2D eigenvalue weighted by molar-refractivity contribution is 0.482. The molecule has 2 aromatic carbocycles. The van der Waals surface area contributed by atoms with Gasteiger partial charge in [0.1, 0.15) is 11.5 Å². The zero-order chi connectivity index (χ0) is 16.4. The van der Waals surface area contributed by atoms with Gasteiger partial charge in [0.15, 0.2) is 0 Å². The third-order valence-corrected chi connectivity index (χ3v) is 5.62. The molecular weight excluding hydrogens is 317 g/mol. The molecule has 7 heteroatoms. The Morgan fingerprint density at radius 3 is 2.26 bits per heavy atom. The van der Waals surface area contributed by atoms with E-state index in [9.17, 15) is 13.5 Å². The first-order valence-corrected chi connectivity index (χ1v) is 8.88. The predicted molar refractivity (Wildman–Crippen MR) is 93.7 cm³/mol. The minimum absolute atomic E-state index is 0.163. The molecule has 5 nitrogen and oxygen atoms in total. The fraction of sp³-hybridized carbons (Fsp3) is 0.250. The molecule has 0 amide bonds. The van der Waals surface area contributed by atoms with Gasteiger partial charge < -0.3 is 5.32 Å². The minimum atomic E-state index is -3.34. The molecule has 1 aliphatic heterocycles. The highest BCUT2D eigenvalue weighted by Crippen LogP contribution is 2.64. The molecule has 0 saturated heterocycles. The zero-order valence-corrected chi connectivity index (χ0v) is 13.6. The van der Waals surface area contributed by atoms with Crippen LogP contribution in [0.15, 0.2) is 48.5 Å². The highest BCUT2D eigenvalue weighted by atomic mass is 32.3. The summed E-state index contributed by atoms with van der Waals surface area (Å²) in [5, 5.41) is 3.04. The molecule has 0 unspecified atom stereocenters. The number of rotatable bonds is 5. The van der Waals surface area contributed by atoms with Crippen molar-refractivity contribution in [1.29, 1.82) is 0 Å². The Hall–Kier alpha value is -1.80. The van der Waals surface area contributed by atoms with Crippen LogP contribution in [0.5, 0.6) is 0 Å². The monoisotopic (exact) mass is 337 g/mol. The SMILES string of the molecule is CNCCCN1c2ccccc2N(c2ccccc2F)S1(O)O. The van der Waals surface area contributed by atoms with Gasteiger partial charge >= 0.3 is 0 Å². The summed E-state index contributed by atoms with van der Waals surface area (Å²) in [6.45, 7) is 1.22. The van der Waals surface area contributed by atoms with Crippen molar-refractivity contribution in [3.63, 3.8) is 0 Å². The molecule has 3 rings (SSSR count). The van der Waals surface area contributed by atoms with Crippen molar-refractivity contribution in [3.8, 4) is 0 Å². The Morgan fingerprint density at radius 1 is 1.00 bits per heavy atom. The van der Waals surface area contributed by atoms with E-state index in [0.717, 1.165) is 13.0 Å². The van der Waals surface area contributed by atoms with E-state index in [1.54, 1.807) is 34.6 Å². The molecule has 23 heavy (non-hydrogen) atoms. The van der Waals surface area contributed by atoms with Crippen LogP contribution in [0.1, 0.15) is 6.42 Å². The first kappa shape index (κ1) is 16.1. The fourth-order valence-electron chi connectivity index (χ4n) is 2.73. The van der Waals surface area contributed by atoms with E-state index in [4.69, 9.17) is 0 Å². The summed E-state index contributed by atoms with van der Waals surface area (Å²) in [5.74, 6) is -0.487. The Balaban J connectivity index is 2.05. The molecule has 1 heterocycles. The molecule has 0 aromatic heterocycles. The number of fused-ring (bicyclic) bond motifs is 1. The normalized spacial score (nSPS) is 17.2. The van der Waals surface area contributed by atoms with Crippen molar-refractivity contribution >= 4 is 28.0 Å². The maximum Gasteiger partial charge on any atom is 0.148 e. The second kappa shape index (κ2) is 6.37. The van der Waals surface area contributed by atoms with E-state index in [1.807, 2.05) is 19.2 Å². The van der Waals surface area contributed by atoms with Gasteiger partial charge in [0.25, 0.3) is 0 Å². The fourth-order valence-corrected chi connectivity index (χ4v) is 4.55. The summed E-state index contributed by atoms with van der Waals surface area (Å²) in [6.07, 6.45) is 0.742. The van der Waals surface area contributed by atoms with Crippen molar-refractivity contribution in [3.05, 3.63) is 54.3 Å². The molecule has 0 spiro atoms. The van der Waals surface area contributed by atoms with Crippen molar-refractivity contribution < 1.29 is 13.5 Å². The van der Waals surface area contributed by atoms with E-state index in [2.05, 4.69) is 5.32 Å². The highest BCUT2D eigenvalue weighted by molar-refractivity contribution is 8.27. The topological polar surface area (TPSA) is 59.0 Å². The van der Waals surface area contributed by atoms with Gasteiger partial charge in [-0.1, -0.05) is 24.3 Å². The van der Waals surface area contributed by atoms with Crippen molar-refractivity contribution in [1.82, 2.24) is 5.32 Å². The summed E-state index contributed by atoms with van der Waals surface area (Å²) < 4.78 is 38.7. The minimum Gasteiger partial charge on any atom is -0.320 e. The number of hydrogen-bond acceptors (Lipinski definition) is 5. The van der Waals surface area contributed by atoms with Gasteiger partial charge in [-0.2, -0.15) is 0 Å². The molecular formula is C16H20FN3O2S. The van der Waals surface area contributed by atoms with E-state index in [-0.39, 0.29) is 5.69 Å². The highest BCUT2D eigenvalue weighted by Gasteiger charge is 2.42. The summed E-state index contributed by atoms with van der Waals surface area (Å²) in [6, 6.07) is 13.4. The Bertz CT molecular complexity index is 699. The molecule has 0 aliphatic carbocycles. The third-order valence-electron chi connectivity index (χ3n) is 3.77. The van der Waals surface area contributed by atoms with Crippen LogP contribution in [0, 0.1) is 5.82 Å². The van der Waals surface area contributed by atoms with Gasteiger partial charge in [-0.15, -0.1) is 0 Å². The lowest BCUT2D eigenvalue weighted by atomic mass is 10.2. The van der Waals surface area contributed by atoms with Gasteiger partial charge in [0.05, 0.1) is 11.4 Å². The average molecular weight is 337 g/mol. The van der Waals surface area contributed by atoms with Crippen LogP contribution < -0.4 is 13.9 Å². The first-order chi connectivity index (χ1) is 11.1. The van der Waals surface area contributed by atoms with Crippen LogP contribution in [-0.4, -0.2) is 29.2 Å². The Labute approximate surface area is 137 Å². The van der Waals surface area contributed by atoms with Gasteiger partial charge in [0, 0.05) is 6.54 Å². The van der Waals surface area contributed by atoms with Gasteiger partial charge in [-0.05, 0) is 55.2 Å². The van der Waals surface area contributed by atoms with E-state index >= 15 is 0 Å². The van der Waals surface area contributed by atoms with E-state index in [1.165, 1.54) is 10.4 Å². The average Bonchev–Trinajstić information content (AvgIpc) is 2.76. The molecule has 2 aromatic rings. The lowest BCUT2D eigenvalue weighted by Gasteiger charge is -2.43. The van der Waals surface area contributed by atoms with Crippen molar-refractivity contribution in [2.45, 2.75) is 6.42 Å². The maximum atomic E-state index is 14.2. The first-order valence-electron chi connectivity index (χ1n) is 7.41. The Morgan fingerprint density at radius 2 is 1.61 bits per heavy atom. The quantitative estimate of drug-likeness (QED) is 0.721. The number of benzene rings is 2. The van der Waals surface area contributed by atoms with Crippen molar-refractivity contribution in [2.75, 3.05) is 28.7 Å². The van der Waals surface area contributed by atoms with Gasteiger partial charge in [-0.25, -0.2) is 8.70 Å². The molecule has 0 fully saturated rings. The maximum absolute atomic E-state index is 14.2. The largest absolute Gasteiger partial charge is 0.320 e. The molecule has 3 N–H and O–H groups in total. The molecule has 1 aliphatic rings. The summed E-state index contributed by atoms with van der Waals surface area (Å²) in [5.41, 5.74) is 1.46. The molecule has 124 valence electrons. The summed E-state index contributed by atoms with van der Waals surface area (Å²) >= 11 is 0. The summed E-state index contributed by atoms with van der Waals surface area (Å²) in [4.78, 5) is 0.